The van der Waals surface area contributed by atoms with Gasteiger partial charge < -0.3 is 10.2 Å². The van der Waals surface area contributed by atoms with Gasteiger partial charge in [0.2, 0.25) is 0 Å². The maximum atomic E-state index is 9.13. The highest BCUT2D eigenvalue weighted by Crippen LogP contribution is 2.11. The molecule has 0 bridgehead atoms. The zero-order valence-corrected chi connectivity index (χ0v) is 13.6. The minimum absolute atomic E-state index is 0.732. The van der Waals surface area contributed by atoms with E-state index in [2.05, 4.69) is 11.8 Å². The fraction of sp³-hybridized carbons (Fsp3) is 0.600. The third kappa shape index (κ3) is 14.9. The topological polar surface area (TPSA) is 40.5 Å². The number of aliphatic hydroxyl groups is 2. The molecule has 0 amide bonds. The van der Waals surface area contributed by atoms with Gasteiger partial charge in [0.05, 0.1) is 0 Å². The molecule has 0 saturated carbocycles. The van der Waals surface area contributed by atoms with E-state index < -0.39 is 12.2 Å². The summed E-state index contributed by atoms with van der Waals surface area (Å²) in [5.74, 6) is 4.52. The average Bonchev–Trinajstić information content (AvgIpc) is 2.54. The molecule has 2 nitrogen and oxygen atoms in total. The van der Waals surface area contributed by atoms with Gasteiger partial charge in [0.1, 0.15) is 12.2 Å². The number of aliphatic hydroxyl groups excluding tert-OH is 2. The molecule has 0 aromatic rings. The molecule has 0 heterocycles. The molecule has 0 aliphatic heterocycles. The van der Waals surface area contributed by atoms with Crippen LogP contribution in [0.1, 0.15) is 64.2 Å². The summed E-state index contributed by atoms with van der Waals surface area (Å²) >= 11 is 0. The van der Waals surface area contributed by atoms with Crippen molar-refractivity contribution in [2.24, 2.45) is 0 Å². The Hall–Kier alpha value is -1.48. The molecular weight excluding hydrogens is 272 g/mol. The van der Waals surface area contributed by atoms with Gasteiger partial charge in [-0.25, -0.2) is 0 Å². The number of hydrogen-bond donors (Lipinski definition) is 2. The van der Waals surface area contributed by atoms with Crippen molar-refractivity contribution in [1.29, 1.82) is 0 Å². The molecule has 2 heteroatoms. The van der Waals surface area contributed by atoms with Crippen LogP contribution < -0.4 is 0 Å². The first-order valence-electron chi connectivity index (χ1n) is 8.32. The maximum absolute atomic E-state index is 9.13. The van der Waals surface area contributed by atoms with Crippen molar-refractivity contribution in [1.82, 2.24) is 0 Å². The first kappa shape index (κ1) is 20.5. The Morgan fingerprint density at radius 3 is 1.27 bits per heavy atom. The first-order chi connectivity index (χ1) is 10.7. The number of hydrogen-bond acceptors (Lipinski definition) is 2. The second-order valence-electron chi connectivity index (χ2n) is 5.49. The number of rotatable bonds is 13. The van der Waals surface area contributed by atoms with E-state index in [0.717, 1.165) is 25.7 Å². The largest absolute Gasteiger partial charge is 0.377 e. The Balaban J connectivity index is 3.22. The van der Waals surface area contributed by atoms with Crippen molar-refractivity contribution in [2.45, 2.75) is 76.4 Å². The van der Waals surface area contributed by atoms with E-state index in [-0.39, 0.29) is 0 Å². The van der Waals surface area contributed by atoms with Crippen LogP contribution in [0.5, 0.6) is 0 Å². The first-order valence-corrected chi connectivity index (χ1v) is 8.32. The highest BCUT2D eigenvalue weighted by molar-refractivity contribution is 5.06. The van der Waals surface area contributed by atoms with E-state index in [9.17, 15) is 0 Å². The van der Waals surface area contributed by atoms with E-state index in [1.165, 1.54) is 38.5 Å². The highest BCUT2D eigenvalue weighted by Gasteiger charge is 1.93. The Morgan fingerprint density at radius 2 is 0.955 bits per heavy atom. The van der Waals surface area contributed by atoms with Crippen LogP contribution in [0.2, 0.25) is 0 Å². The van der Waals surface area contributed by atoms with Crippen LogP contribution in [0, 0.1) is 24.7 Å². The molecule has 2 N–H and O–H groups in total. The van der Waals surface area contributed by atoms with Gasteiger partial charge in [-0.15, -0.1) is 12.8 Å². The quantitative estimate of drug-likeness (QED) is 0.307. The summed E-state index contributed by atoms with van der Waals surface area (Å²) in [6.45, 7) is 0. The number of allylic oxidation sites excluding steroid dienone is 2. The van der Waals surface area contributed by atoms with Crippen molar-refractivity contribution >= 4 is 0 Å². The fourth-order valence-corrected chi connectivity index (χ4v) is 2.15. The van der Waals surface area contributed by atoms with E-state index >= 15 is 0 Å². The standard InChI is InChI=1S/C20H30O2/c1-3-19(21)17-15-13-11-9-7-5-6-8-10-12-14-16-18-20(22)4-2/h1-2,15-22H,5-14H2/t19-,20-/m1/s1. The molecule has 0 spiro atoms. The minimum Gasteiger partial charge on any atom is -0.377 e. The Bertz CT molecular complexity index is 343. The third-order valence-corrected chi connectivity index (χ3v) is 3.47. The lowest BCUT2D eigenvalue weighted by Gasteiger charge is -2.01. The fourth-order valence-electron chi connectivity index (χ4n) is 2.15. The predicted molar refractivity (Wildman–Crippen MR) is 94.1 cm³/mol. The molecule has 22 heavy (non-hydrogen) atoms. The summed E-state index contributed by atoms with van der Waals surface area (Å²) < 4.78 is 0. The summed E-state index contributed by atoms with van der Waals surface area (Å²) in [5.41, 5.74) is 0. The zero-order chi connectivity index (χ0) is 16.5. The lowest BCUT2D eigenvalue weighted by atomic mass is 10.1. The van der Waals surface area contributed by atoms with Gasteiger partial charge >= 0.3 is 0 Å². The highest BCUT2D eigenvalue weighted by atomic mass is 16.3. The van der Waals surface area contributed by atoms with Crippen molar-refractivity contribution in [3.05, 3.63) is 24.3 Å². The van der Waals surface area contributed by atoms with Crippen molar-refractivity contribution < 1.29 is 10.2 Å². The molecule has 2 atom stereocenters. The summed E-state index contributed by atoms with van der Waals surface area (Å²) in [4.78, 5) is 0. The van der Waals surface area contributed by atoms with Gasteiger partial charge in [0.25, 0.3) is 0 Å². The minimum atomic E-state index is -0.732. The lowest BCUT2D eigenvalue weighted by Crippen LogP contribution is -1.95. The van der Waals surface area contributed by atoms with Gasteiger partial charge in [-0.05, 0) is 37.8 Å². The smallest absolute Gasteiger partial charge is 0.133 e. The summed E-state index contributed by atoms with van der Waals surface area (Å²) in [6.07, 6.45) is 27.9. The molecule has 0 aromatic carbocycles. The zero-order valence-electron chi connectivity index (χ0n) is 13.6. The Labute approximate surface area is 136 Å². The maximum Gasteiger partial charge on any atom is 0.133 e. The monoisotopic (exact) mass is 302 g/mol. The molecule has 0 saturated heterocycles. The molecule has 0 aromatic heterocycles. The van der Waals surface area contributed by atoms with Crippen LogP contribution in [-0.2, 0) is 0 Å². The molecule has 0 fully saturated rings. The van der Waals surface area contributed by atoms with Gasteiger partial charge in [0.15, 0.2) is 0 Å². The van der Waals surface area contributed by atoms with E-state index in [0.29, 0.717) is 0 Å². The Morgan fingerprint density at radius 1 is 0.636 bits per heavy atom. The SMILES string of the molecule is C#C[C@@H](O)C=CCCCCCCCCCCC=C[C@H](O)C#C. The van der Waals surface area contributed by atoms with Crippen molar-refractivity contribution in [3.8, 4) is 24.7 Å². The van der Waals surface area contributed by atoms with E-state index in [1.54, 1.807) is 12.2 Å². The molecule has 0 aliphatic rings. The number of terminal acetylenes is 2. The summed E-state index contributed by atoms with van der Waals surface area (Å²) in [7, 11) is 0. The second-order valence-corrected chi connectivity index (χ2v) is 5.49. The van der Waals surface area contributed by atoms with Gasteiger partial charge in [-0.1, -0.05) is 62.5 Å². The number of unbranched alkanes of at least 4 members (excludes halogenated alkanes) is 9. The van der Waals surface area contributed by atoms with Gasteiger partial charge in [-0.3, -0.25) is 0 Å². The molecule has 0 unspecified atom stereocenters. The lowest BCUT2D eigenvalue weighted by molar-refractivity contribution is 0.280. The predicted octanol–water partition coefficient (Wildman–Crippen LogP) is 3.99. The van der Waals surface area contributed by atoms with Crippen molar-refractivity contribution in [3.63, 3.8) is 0 Å². The Kier molecular flexibility index (Phi) is 14.8. The van der Waals surface area contributed by atoms with Crippen LogP contribution in [-0.4, -0.2) is 22.4 Å². The normalized spacial score (nSPS) is 14.0. The van der Waals surface area contributed by atoms with Crippen LogP contribution in [0.4, 0.5) is 0 Å². The van der Waals surface area contributed by atoms with Crippen LogP contribution in [0.15, 0.2) is 24.3 Å². The second kappa shape index (κ2) is 15.9. The molecule has 0 rings (SSSR count). The van der Waals surface area contributed by atoms with Crippen molar-refractivity contribution in [2.75, 3.05) is 0 Å². The van der Waals surface area contributed by atoms with Crippen LogP contribution in [0.25, 0.3) is 0 Å². The molecule has 122 valence electrons. The molecular formula is C20H30O2. The van der Waals surface area contributed by atoms with Gasteiger partial charge in [-0.2, -0.15) is 0 Å². The average molecular weight is 302 g/mol. The summed E-state index contributed by atoms with van der Waals surface area (Å²) in [5, 5.41) is 18.3. The van der Waals surface area contributed by atoms with Crippen LogP contribution in [0.3, 0.4) is 0 Å². The van der Waals surface area contributed by atoms with E-state index in [1.807, 2.05) is 12.2 Å². The summed E-state index contributed by atoms with van der Waals surface area (Å²) in [6, 6.07) is 0. The molecule has 0 radical (unpaired) electrons. The third-order valence-electron chi connectivity index (χ3n) is 3.47. The van der Waals surface area contributed by atoms with E-state index in [4.69, 9.17) is 23.1 Å². The van der Waals surface area contributed by atoms with Crippen LogP contribution >= 0.6 is 0 Å². The van der Waals surface area contributed by atoms with Gasteiger partial charge in [0, 0.05) is 0 Å². The molecule has 0 aliphatic carbocycles.